The average molecular weight is 200 g/mol. The van der Waals surface area contributed by atoms with E-state index in [0.717, 1.165) is 11.9 Å². The third-order valence-electron chi connectivity index (χ3n) is 2.36. The van der Waals surface area contributed by atoms with Crippen LogP contribution in [0.3, 0.4) is 0 Å². The number of fused-ring (bicyclic) bond motifs is 1. The molecular formula is C13H16N2. The van der Waals surface area contributed by atoms with E-state index < -0.39 is 0 Å². The van der Waals surface area contributed by atoms with Crippen LogP contribution in [0.4, 0.5) is 0 Å². The van der Waals surface area contributed by atoms with Crippen LogP contribution in [0.25, 0.3) is 10.9 Å². The van der Waals surface area contributed by atoms with E-state index in [2.05, 4.69) is 29.2 Å². The van der Waals surface area contributed by atoms with Gasteiger partial charge in [0.1, 0.15) is 0 Å². The Kier molecular flexibility index (Phi) is 2.45. The van der Waals surface area contributed by atoms with Crippen LogP contribution in [0.2, 0.25) is 0 Å². The van der Waals surface area contributed by atoms with Crippen molar-refractivity contribution in [2.24, 2.45) is 5.73 Å². The second kappa shape index (κ2) is 3.63. The van der Waals surface area contributed by atoms with Gasteiger partial charge in [0.15, 0.2) is 0 Å². The minimum Gasteiger partial charge on any atom is -0.325 e. The van der Waals surface area contributed by atoms with Gasteiger partial charge >= 0.3 is 0 Å². The molecular weight excluding hydrogens is 184 g/mol. The highest BCUT2D eigenvalue weighted by atomic mass is 14.7. The Morgan fingerprint density at radius 1 is 1.20 bits per heavy atom. The molecule has 0 saturated heterocycles. The molecule has 0 amide bonds. The molecule has 0 saturated carbocycles. The molecule has 1 aromatic heterocycles. The largest absolute Gasteiger partial charge is 0.325 e. The Morgan fingerprint density at radius 3 is 2.67 bits per heavy atom. The fourth-order valence-electron chi connectivity index (χ4n) is 1.80. The highest BCUT2D eigenvalue weighted by Crippen LogP contribution is 2.19. The van der Waals surface area contributed by atoms with Crippen LogP contribution in [0, 0.1) is 0 Å². The summed E-state index contributed by atoms with van der Waals surface area (Å²) in [4.78, 5) is 4.41. The van der Waals surface area contributed by atoms with Gasteiger partial charge in [-0.25, -0.2) is 0 Å². The standard InChI is InChI=1S/C13H16N2/c1-13(2,14)9-11-6-3-5-10-7-4-8-15-12(10)11/h3-8H,9,14H2,1-2H3. The van der Waals surface area contributed by atoms with Gasteiger partial charge in [0.2, 0.25) is 0 Å². The van der Waals surface area contributed by atoms with E-state index in [1.165, 1.54) is 10.9 Å². The monoisotopic (exact) mass is 200 g/mol. The lowest BCUT2D eigenvalue weighted by Gasteiger charge is -2.19. The van der Waals surface area contributed by atoms with Crippen molar-refractivity contribution in [1.29, 1.82) is 0 Å². The fourth-order valence-corrected chi connectivity index (χ4v) is 1.80. The maximum Gasteiger partial charge on any atom is 0.0734 e. The SMILES string of the molecule is CC(C)(N)Cc1cccc2cccnc12. The van der Waals surface area contributed by atoms with Gasteiger partial charge in [-0.3, -0.25) is 4.98 Å². The summed E-state index contributed by atoms with van der Waals surface area (Å²) in [5.74, 6) is 0. The summed E-state index contributed by atoms with van der Waals surface area (Å²) in [6, 6.07) is 10.3. The predicted octanol–water partition coefficient (Wildman–Crippen LogP) is 2.51. The number of hydrogen-bond acceptors (Lipinski definition) is 2. The van der Waals surface area contributed by atoms with Crippen LogP contribution < -0.4 is 5.73 Å². The maximum atomic E-state index is 6.03. The van der Waals surface area contributed by atoms with Crippen LogP contribution in [0.15, 0.2) is 36.5 Å². The van der Waals surface area contributed by atoms with Gasteiger partial charge in [-0.1, -0.05) is 24.3 Å². The van der Waals surface area contributed by atoms with Crippen LogP contribution >= 0.6 is 0 Å². The summed E-state index contributed by atoms with van der Waals surface area (Å²) >= 11 is 0. The molecule has 0 aliphatic heterocycles. The number of nitrogens with zero attached hydrogens (tertiary/aromatic N) is 1. The second-order valence-electron chi connectivity index (χ2n) is 4.66. The second-order valence-corrected chi connectivity index (χ2v) is 4.66. The predicted molar refractivity (Wildman–Crippen MR) is 63.7 cm³/mol. The highest BCUT2D eigenvalue weighted by molar-refractivity contribution is 5.81. The lowest BCUT2D eigenvalue weighted by atomic mass is 9.94. The molecule has 2 aromatic rings. The number of rotatable bonds is 2. The van der Waals surface area contributed by atoms with Crippen LogP contribution in [0.1, 0.15) is 19.4 Å². The smallest absolute Gasteiger partial charge is 0.0734 e. The molecule has 15 heavy (non-hydrogen) atoms. The summed E-state index contributed by atoms with van der Waals surface area (Å²) in [5.41, 5.74) is 8.13. The van der Waals surface area contributed by atoms with Crippen LogP contribution in [-0.4, -0.2) is 10.5 Å². The zero-order valence-corrected chi connectivity index (χ0v) is 9.20. The minimum absolute atomic E-state index is 0.189. The molecule has 0 atom stereocenters. The summed E-state index contributed by atoms with van der Waals surface area (Å²) in [7, 11) is 0. The summed E-state index contributed by atoms with van der Waals surface area (Å²) in [6.45, 7) is 4.07. The van der Waals surface area contributed by atoms with E-state index in [-0.39, 0.29) is 5.54 Å². The maximum absolute atomic E-state index is 6.03. The van der Waals surface area contributed by atoms with Gasteiger partial charge in [0, 0.05) is 17.1 Å². The van der Waals surface area contributed by atoms with Crippen molar-refractivity contribution in [3.63, 3.8) is 0 Å². The van der Waals surface area contributed by atoms with Crippen molar-refractivity contribution in [3.8, 4) is 0 Å². The average Bonchev–Trinajstić information content (AvgIpc) is 2.16. The topological polar surface area (TPSA) is 38.9 Å². The molecule has 1 heterocycles. The quantitative estimate of drug-likeness (QED) is 0.809. The first-order valence-corrected chi connectivity index (χ1v) is 5.18. The molecule has 0 unspecified atom stereocenters. The Hall–Kier alpha value is -1.41. The zero-order valence-electron chi connectivity index (χ0n) is 9.20. The molecule has 0 aliphatic carbocycles. The molecule has 0 radical (unpaired) electrons. The minimum atomic E-state index is -0.189. The summed E-state index contributed by atoms with van der Waals surface area (Å²) < 4.78 is 0. The Labute approximate surface area is 90.1 Å². The summed E-state index contributed by atoms with van der Waals surface area (Å²) in [5, 5.41) is 1.18. The van der Waals surface area contributed by atoms with Crippen molar-refractivity contribution < 1.29 is 0 Å². The molecule has 0 fully saturated rings. The molecule has 1 aromatic carbocycles. The van der Waals surface area contributed by atoms with E-state index in [9.17, 15) is 0 Å². The van der Waals surface area contributed by atoms with Gasteiger partial charge in [-0.05, 0) is 31.9 Å². The third-order valence-corrected chi connectivity index (χ3v) is 2.36. The van der Waals surface area contributed by atoms with E-state index in [1.807, 2.05) is 26.1 Å². The van der Waals surface area contributed by atoms with E-state index >= 15 is 0 Å². The van der Waals surface area contributed by atoms with Crippen LogP contribution in [-0.2, 0) is 6.42 Å². The highest BCUT2D eigenvalue weighted by Gasteiger charge is 2.13. The number of aromatic nitrogens is 1. The van der Waals surface area contributed by atoms with Gasteiger partial charge in [0.05, 0.1) is 5.52 Å². The van der Waals surface area contributed by atoms with Crippen LogP contribution in [0.5, 0.6) is 0 Å². The molecule has 2 nitrogen and oxygen atoms in total. The van der Waals surface area contributed by atoms with E-state index in [0.29, 0.717) is 0 Å². The van der Waals surface area contributed by atoms with E-state index in [4.69, 9.17) is 5.73 Å². The number of nitrogens with two attached hydrogens (primary N) is 1. The number of para-hydroxylation sites is 1. The third kappa shape index (κ3) is 2.34. The Morgan fingerprint density at radius 2 is 1.93 bits per heavy atom. The van der Waals surface area contributed by atoms with Crippen molar-refractivity contribution >= 4 is 10.9 Å². The van der Waals surface area contributed by atoms with Gasteiger partial charge in [-0.2, -0.15) is 0 Å². The van der Waals surface area contributed by atoms with Gasteiger partial charge in [-0.15, -0.1) is 0 Å². The molecule has 0 spiro atoms. The first-order valence-electron chi connectivity index (χ1n) is 5.18. The van der Waals surface area contributed by atoms with E-state index in [1.54, 1.807) is 0 Å². The zero-order chi connectivity index (χ0) is 10.9. The lowest BCUT2D eigenvalue weighted by Crippen LogP contribution is -2.34. The molecule has 2 heteroatoms. The number of benzene rings is 1. The molecule has 0 aliphatic rings. The van der Waals surface area contributed by atoms with Crippen molar-refractivity contribution in [2.75, 3.05) is 0 Å². The van der Waals surface area contributed by atoms with Crippen molar-refractivity contribution in [1.82, 2.24) is 4.98 Å². The molecule has 0 bridgehead atoms. The Balaban J connectivity index is 2.52. The van der Waals surface area contributed by atoms with Gasteiger partial charge < -0.3 is 5.73 Å². The first-order chi connectivity index (χ1) is 7.06. The van der Waals surface area contributed by atoms with Crippen molar-refractivity contribution in [3.05, 3.63) is 42.1 Å². The normalized spacial score (nSPS) is 11.9. The molecule has 78 valence electrons. The lowest BCUT2D eigenvalue weighted by molar-refractivity contribution is 0.518. The van der Waals surface area contributed by atoms with Crippen molar-refractivity contribution in [2.45, 2.75) is 25.8 Å². The molecule has 2 N–H and O–H groups in total. The number of pyridine rings is 1. The van der Waals surface area contributed by atoms with Gasteiger partial charge in [0.25, 0.3) is 0 Å². The summed E-state index contributed by atoms with van der Waals surface area (Å²) in [6.07, 6.45) is 2.68. The number of hydrogen-bond donors (Lipinski definition) is 1. The molecule has 2 rings (SSSR count). The first kappa shape index (κ1) is 10.1. The Bertz CT molecular complexity index is 464. The fraction of sp³-hybridized carbons (Fsp3) is 0.308.